The van der Waals surface area contributed by atoms with Crippen LogP contribution in [-0.2, 0) is 27.9 Å². The van der Waals surface area contributed by atoms with Crippen molar-refractivity contribution in [2.45, 2.75) is 225 Å². The first-order valence-corrected chi connectivity index (χ1v) is 25.0. The fourth-order valence-electron chi connectivity index (χ4n) is 6.44. The molecule has 0 aromatic heterocycles. The summed E-state index contributed by atoms with van der Waals surface area (Å²) in [5.74, 6) is -0.388. The average Bonchev–Trinajstić information content (AvgIpc) is 3.20. The first kappa shape index (κ1) is 55.7. The van der Waals surface area contributed by atoms with E-state index in [-0.39, 0.29) is 25.6 Å². The lowest BCUT2D eigenvalue weighted by molar-refractivity contribution is -0.154. The maximum Gasteiger partial charge on any atom is 0.472 e. The maximum atomic E-state index is 12.6. The van der Waals surface area contributed by atoms with E-state index in [1.165, 1.54) is 128 Å². The zero-order valence-corrected chi connectivity index (χ0v) is 37.7. The van der Waals surface area contributed by atoms with Crippen LogP contribution in [0.3, 0.4) is 0 Å². The van der Waals surface area contributed by atoms with Gasteiger partial charge in [0.25, 0.3) is 0 Å². The van der Waals surface area contributed by atoms with Gasteiger partial charge in [-0.05, 0) is 70.6 Å². The summed E-state index contributed by atoms with van der Waals surface area (Å²) in [5.41, 5.74) is 0. The zero-order chi connectivity index (χ0) is 41.8. The van der Waals surface area contributed by atoms with Crippen LogP contribution in [0.25, 0.3) is 0 Å². The van der Waals surface area contributed by atoms with Crippen molar-refractivity contribution in [3.63, 3.8) is 0 Å². The topological polar surface area (TPSA) is 132 Å². The Labute approximate surface area is 350 Å². The van der Waals surface area contributed by atoms with Gasteiger partial charge < -0.3 is 24.6 Å². The number of rotatable bonds is 45. The number of carbonyl (C=O) groups is 1. The number of carbonyl (C=O) groups excluding carboxylic acids is 1. The number of hydrogen-bond acceptors (Lipinski definition) is 8. The molecule has 0 radical (unpaired) electrons. The van der Waals surface area contributed by atoms with Crippen LogP contribution in [0.4, 0.5) is 0 Å². The molecule has 57 heavy (non-hydrogen) atoms. The van der Waals surface area contributed by atoms with Crippen LogP contribution >= 0.6 is 7.82 Å². The molecule has 0 aromatic carbocycles. The largest absolute Gasteiger partial charge is 0.472 e. The van der Waals surface area contributed by atoms with Crippen LogP contribution in [0.5, 0.6) is 0 Å². The number of phosphoric ester groups is 1. The van der Waals surface area contributed by atoms with E-state index in [0.717, 1.165) is 64.2 Å². The number of unbranched alkanes of at least 4 members (excludes halogenated alkanes) is 25. The lowest BCUT2D eigenvalue weighted by Crippen LogP contribution is -2.29. The van der Waals surface area contributed by atoms with Gasteiger partial charge in [0.15, 0.2) is 0 Å². The molecule has 0 aliphatic carbocycles. The van der Waals surface area contributed by atoms with Crippen molar-refractivity contribution in [1.82, 2.24) is 0 Å². The van der Waals surface area contributed by atoms with E-state index in [1.54, 1.807) is 0 Å². The summed E-state index contributed by atoms with van der Waals surface area (Å²) in [6.45, 7) is 3.50. The summed E-state index contributed by atoms with van der Waals surface area (Å²) in [5, 5.41) is 18.4. The molecular formula is C47H89O9P. The molecule has 0 heterocycles. The van der Waals surface area contributed by atoms with Gasteiger partial charge in [-0.3, -0.25) is 13.8 Å². The van der Waals surface area contributed by atoms with Gasteiger partial charge in [-0.2, -0.15) is 0 Å². The predicted octanol–water partition coefficient (Wildman–Crippen LogP) is 13.2. The van der Waals surface area contributed by atoms with Gasteiger partial charge in [0.1, 0.15) is 12.2 Å². The Balaban J connectivity index is 4.14. The molecule has 3 N–H and O–H groups in total. The Bertz CT molecular complexity index is 986. The third-order valence-electron chi connectivity index (χ3n) is 10.0. The normalized spacial score (nSPS) is 14.3. The quantitative estimate of drug-likeness (QED) is 0.0237. The Morgan fingerprint density at radius 2 is 0.947 bits per heavy atom. The van der Waals surface area contributed by atoms with Gasteiger partial charge in [0.2, 0.25) is 0 Å². The van der Waals surface area contributed by atoms with Crippen LogP contribution in [0.1, 0.15) is 213 Å². The van der Waals surface area contributed by atoms with Crippen LogP contribution in [-0.4, -0.2) is 66.3 Å². The van der Waals surface area contributed by atoms with E-state index < -0.39 is 33.2 Å². The van der Waals surface area contributed by atoms with Gasteiger partial charge in [-0.25, -0.2) is 4.57 Å². The van der Waals surface area contributed by atoms with Crippen LogP contribution in [0.15, 0.2) is 36.5 Å². The number of ether oxygens (including phenoxy) is 2. The van der Waals surface area contributed by atoms with Crippen molar-refractivity contribution in [2.24, 2.45) is 0 Å². The number of esters is 1. The fraction of sp³-hybridized carbons (Fsp3) is 0.851. The second kappa shape index (κ2) is 44.2. The highest BCUT2D eigenvalue weighted by Gasteiger charge is 2.26. The maximum absolute atomic E-state index is 12.6. The highest BCUT2D eigenvalue weighted by molar-refractivity contribution is 7.47. The van der Waals surface area contributed by atoms with Gasteiger partial charge in [-0.1, -0.05) is 172 Å². The smallest absolute Gasteiger partial charge is 0.457 e. The predicted molar refractivity (Wildman–Crippen MR) is 237 cm³/mol. The molecule has 0 rings (SSSR count). The van der Waals surface area contributed by atoms with Gasteiger partial charge >= 0.3 is 13.8 Å². The Kier molecular flexibility index (Phi) is 43.2. The molecular weight excluding hydrogens is 739 g/mol. The summed E-state index contributed by atoms with van der Waals surface area (Å²) < 4.78 is 33.4. The molecule has 0 spiro atoms. The van der Waals surface area contributed by atoms with Gasteiger partial charge in [0.05, 0.1) is 26.4 Å². The highest BCUT2D eigenvalue weighted by Crippen LogP contribution is 2.43. The van der Waals surface area contributed by atoms with Gasteiger partial charge in [0, 0.05) is 13.0 Å². The molecule has 10 heteroatoms. The molecule has 3 atom stereocenters. The van der Waals surface area contributed by atoms with Crippen LogP contribution < -0.4 is 0 Å². The molecule has 9 nitrogen and oxygen atoms in total. The third kappa shape index (κ3) is 44.1. The number of hydrogen-bond donors (Lipinski definition) is 3. The fourth-order valence-corrected chi connectivity index (χ4v) is 7.23. The monoisotopic (exact) mass is 829 g/mol. The molecule has 0 saturated carbocycles. The number of aliphatic hydroxyl groups is 2. The molecule has 3 unspecified atom stereocenters. The summed E-state index contributed by atoms with van der Waals surface area (Å²) in [6.07, 6.45) is 48.1. The Morgan fingerprint density at radius 3 is 1.44 bits per heavy atom. The van der Waals surface area contributed by atoms with E-state index in [9.17, 15) is 19.4 Å². The van der Waals surface area contributed by atoms with E-state index in [4.69, 9.17) is 23.6 Å². The first-order chi connectivity index (χ1) is 27.8. The van der Waals surface area contributed by atoms with E-state index in [2.05, 4.69) is 50.3 Å². The van der Waals surface area contributed by atoms with E-state index >= 15 is 0 Å². The standard InChI is InChI=1S/C47H89O9P/c1-3-5-7-9-11-13-15-17-19-21-22-24-26-28-30-32-34-36-38-40-53-43-46(44-55-57(51,52)54-42-45(49)41-48)56-47(50)39-37-35-33-31-29-27-25-23-20-18-16-14-12-10-8-6-4-2/h13,15,18-21,45-46,48-49H,3-12,14,16-17,22-44H2,1-2H3,(H,51,52)/b15-13-,20-18-,21-19-. The van der Waals surface area contributed by atoms with Gasteiger partial charge in [-0.15, -0.1) is 0 Å². The third-order valence-corrected chi connectivity index (χ3v) is 11.0. The molecule has 336 valence electrons. The van der Waals surface area contributed by atoms with Crippen molar-refractivity contribution in [3.8, 4) is 0 Å². The first-order valence-electron chi connectivity index (χ1n) is 23.5. The average molecular weight is 829 g/mol. The van der Waals surface area contributed by atoms with Crippen LogP contribution in [0, 0.1) is 0 Å². The second-order valence-electron chi connectivity index (χ2n) is 15.8. The lowest BCUT2D eigenvalue weighted by Gasteiger charge is -2.20. The summed E-state index contributed by atoms with van der Waals surface area (Å²) in [6, 6.07) is 0. The second-order valence-corrected chi connectivity index (χ2v) is 17.2. The van der Waals surface area contributed by atoms with Crippen molar-refractivity contribution in [1.29, 1.82) is 0 Å². The molecule has 0 saturated heterocycles. The number of allylic oxidation sites excluding steroid dienone is 6. The minimum atomic E-state index is -4.52. The lowest BCUT2D eigenvalue weighted by atomic mass is 10.1. The highest BCUT2D eigenvalue weighted by atomic mass is 31.2. The van der Waals surface area contributed by atoms with Crippen molar-refractivity contribution in [2.75, 3.05) is 33.0 Å². The number of aliphatic hydroxyl groups excluding tert-OH is 2. The molecule has 0 amide bonds. The van der Waals surface area contributed by atoms with Crippen LogP contribution in [0.2, 0.25) is 0 Å². The summed E-state index contributed by atoms with van der Waals surface area (Å²) in [4.78, 5) is 22.6. The van der Waals surface area contributed by atoms with Crippen molar-refractivity contribution < 1.29 is 43.0 Å². The van der Waals surface area contributed by atoms with Crippen molar-refractivity contribution in [3.05, 3.63) is 36.5 Å². The Hall–Kier alpha value is -1.32. The zero-order valence-electron chi connectivity index (χ0n) is 36.8. The number of phosphoric acid groups is 1. The van der Waals surface area contributed by atoms with Crippen molar-refractivity contribution >= 4 is 13.8 Å². The molecule has 0 aromatic rings. The summed E-state index contributed by atoms with van der Waals surface area (Å²) in [7, 11) is -4.52. The Morgan fingerprint density at radius 1 is 0.544 bits per heavy atom. The molecule has 0 aliphatic heterocycles. The van der Waals surface area contributed by atoms with E-state index in [1.807, 2.05) is 0 Å². The minimum Gasteiger partial charge on any atom is -0.457 e. The SMILES string of the molecule is CCCCCC/C=C\C/C=C\CCCCCCCCCCOCC(COP(=O)(O)OCC(O)CO)OC(=O)CCCCCCCCC/C=C\CCCCCCCC. The molecule has 0 aliphatic rings. The molecule has 0 fully saturated rings. The van der Waals surface area contributed by atoms with E-state index in [0.29, 0.717) is 6.61 Å². The molecule has 0 bridgehead atoms. The summed E-state index contributed by atoms with van der Waals surface area (Å²) >= 11 is 0. The minimum absolute atomic E-state index is 0.0447.